The average molecular weight is 410 g/mol. The van der Waals surface area contributed by atoms with Crippen LogP contribution >= 0.6 is 0 Å². The van der Waals surface area contributed by atoms with Gasteiger partial charge < -0.3 is 4.57 Å². The highest BCUT2D eigenvalue weighted by Gasteiger charge is 2.51. The summed E-state index contributed by atoms with van der Waals surface area (Å²) in [5.41, 5.74) is 6.56. The van der Waals surface area contributed by atoms with Gasteiger partial charge in [0.1, 0.15) is 5.82 Å². The number of rotatable bonds is 4. The lowest BCUT2D eigenvalue weighted by Crippen LogP contribution is -2.48. The van der Waals surface area contributed by atoms with Gasteiger partial charge in [-0.15, -0.1) is 0 Å². The Balaban J connectivity index is 1.24. The minimum atomic E-state index is 0.463. The molecule has 0 spiro atoms. The molecule has 4 fully saturated rings. The van der Waals surface area contributed by atoms with Crippen molar-refractivity contribution in [2.24, 2.45) is 22.7 Å². The van der Waals surface area contributed by atoms with E-state index in [1.165, 1.54) is 49.9 Å². The van der Waals surface area contributed by atoms with Crippen LogP contribution in [0.4, 0.5) is 5.69 Å². The summed E-state index contributed by atoms with van der Waals surface area (Å²) in [6.07, 6.45) is 12.6. The number of hydrogen-bond donors (Lipinski definition) is 0. The van der Waals surface area contributed by atoms with E-state index in [1.807, 2.05) is 30.6 Å². The third-order valence-electron chi connectivity index (χ3n) is 8.22. The van der Waals surface area contributed by atoms with Crippen LogP contribution in [0.1, 0.15) is 61.0 Å². The minimum Gasteiger partial charge on any atom is -0.303 e. The summed E-state index contributed by atoms with van der Waals surface area (Å²) >= 11 is 0. The van der Waals surface area contributed by atoms with Gasteiger partial charge in [0.25, 0.3) is 0 Å². The summed E-state index contributed by atoms with van der Waals surface area (Å²) in [5.74, 6) is 3.91. The maximum absolute atomic E-state index is 4.81. The zero-order valence-corrected chi connectivity index (χ0v) is 18.6. The first-order valence-corrected chi connectivity index (χ1v) is 11.8. The maximum Gasteiger partial charge on any atom is 0.136 e. The van der Waals surface area contributed by atoms with Crippen LogP contribution < -0.4 is 0 Å². The van der Waals surface area contributed by atoms with Gasteiger partial charge in [-0.3, -0.25) is 4.99 Å². The average Bonchev–Trinajstić information content (AvgIpc) is 3.05. The van der Waals surface area contributed by atoms with Crippen molar-refractivity contribution < 1.29 is 0 Å². The predicted octanol–water partition coefficient (Wildman–Crippen LogP) is 6.71. The Bertz CT molecular complexity index is 1090. The van der Waals surface area contributed by atoms with E-state index < -0.39 is 0 Å². The second kappa shape index (κ2) is 7.19. The van der Waals surface area contributed by atoms with Crippen LogP contribution in [-0.2, 0) is 5.41 Å². The summed E-state index contributed by atoms with van der Waals surface area (Å²) in [7, 11) is 0. The number of hydrogen-bond acceptors (Lipinski definition) is 2. The molecule has 3 heteroatoms. The second-order valence-electron chi connectivity index (χ2n) is 10.4. The lowest BCUT2D eigenvalue weighted by molar-refractivity contribution is -0.00518. The normalized spacial score (nSPS) is 29.2. The zero-order valence-electron chi connectivity index (χ0n) is 18.6. The van der Waals surface area contributed by atoms with Crippen molar-refractivity contribution in [2.45, 2.75) is 57.8 Å². The smallest absolute Gasteiger partial charge is 0.136 e. The van der Waals surface area contributed by atoms with Crippen molar-refractivity contribution in [3.05, 3.63) is 77.2 Å². The molecular weight excluding hydrogens is 378 g/mol. The second-order valence-corrected chi connectivity index (χ2v) is 10.4. The van der Waals surface area contributed by atoms with Crippen molar-refractivity contribution in [1.29, 1.82) is 0 Å². The van der Waals surface area contributed by atoms with Crippen molar-refractivity contribution in [3.8, 4) is 5.82 Å². The van der Waals surface area contributed by atoms with Crippen LogP contribution in [-0.4, -0.2) is 15.8 Å². The Morgan fingerprint density at radius 2 is 1.61 bits per heavy atom. The largest absolute Gasteiger partial charge is 0.303 e. The van der Waals surface area contributed by atoms with Crippen molar-refractivity contribution >= 4 is 11.9 Å². The molecule has 31 heavy (non-hydrogen) atoms. The van der Waals surface area contributed by atoms with E-state index in [-0.39, 0.29) is 0 Å². The summed E-state index contributed by atoms with van der Waals surface area (Å²) in [4.78, 5) is 9.32. The van der Waals surface area contributed by atoms with E-state index >= 15 is 0 Å². The SMILES string of the molecule is Cc1cc(C=Nc2ccc(C34CC5CC(CC(C5)C3)C4)cc2)c(C)n1-c1ccccn1. The molecule has 4 bridgehead atoms. The van der Waals surface area contributed by atoms with Crippen LogP contribution in [0.25, 0.3) is 5.82 Å². The molecule has 0 aliphatic heterocycles. The molecule has 0 unspecified atom stereocenters. The van der Waals surface area contributed by atoms with E-state index in [1.54, 1.807) is 5.56 Å². The molecule has 3 aromatic rings. The van der Waals surface area contributed by atoms with Crippen LogP contribution in [0, 0.1) is 31.6 Å². The first-order chi connectivity index (χ1) is 15.1. The van der Waals surface area contributed by atoms with Gasteiger partial charge in [0.15, 0.2) is 0 Å². The third kappa shape index (κ3) is 3.26. The van der Waals surface area contributed by atoms with Crippen LogP contribution in [0.2, 0.25) is 0 Å². The standard InChI is InChI=1S/C28H31N3/c1-19-11-24(20(2)31(19)27-5-3-4-10-29-27)18-30-26-8-6-25(7-9-26)28-15-21-12-22(16-28)14-23(13-21)17-28/h3-11,18,21-23H,12-17H2,1-2H3. The lowest BCUT2D eigenvalue weighted by atomic mass is 9.48. The fourth-order valence-corrected chi connectivity index (χ4v) is 7.27. The molecular formula is C28H31N3. The van der Waals surface area contributed by atoms with Gasteiger partial charge in [-0.1, -0.05) is 18.2 Å². The highest BCUT2D eigenvalue weighted by atomic mass is 15.1. The zero-order chi connectivity index (χ0) is 21.0. The van der Waals surface area contributed by atoms with E-state index in [9.17, 15) is 0 Å². The summed E-state index contributed by atoms with van der Waals surface area (Å²) in [5, 5.41) is 0. The maximum atomic E-state index is 4.81. The van der Waals surface area contributed by atoms with Gasteiger partial charge in [0, 0.05) is 29.4 Å². The molecule has 2 aromatic heterocycles. The number of aliphatic imine (C=N–C) groups is 1. The predicted molar refractivity (Wildman–Crippen MR) is 127 cm³/mol. The fraction of sp³-hybridized carbons (Fsp3) is 0.429. The van der Waals surface area contributed by atoms with E-state index in [0.717, 1.165) is 34.8 Å². The Hall–Kier alpha value is -2.68. The van der Waals surface area contributed by atoms with Gasteiger partial charge in [-0.25, -0.2) is 4.98 Å². The molecule has 2 heterocycles. The third-order valence-corrected chi connectivity index (χ3v) is 8.22. The molecule has 0 amide bonds. The molecule has 0 saturated heterocycles. The molecule has 1 aromatic carbocycles. The lowest BCUT2D eigenvalue weighted by Gasteiger charge is -2.57. The highest BCUT2D eigenvalue weighted by Crippen LogP contribution is 2.60. The van der Waals surface area contributed by atoms with Gasteiger partial charge in [-0.05, 0) is 111 Å². The number of aromatic nitrogens is 2. The van der Waals surface area contributed by atoms with Crippen LogP contribution in [0.5, 0.6) is 0 Å². The van der Waals surface area contributed by atoms with E-state index in [0.29, 0.717) is 5.41 Å². The fourth-order valence-electron chi connectivity index (χ4n) is 7.27. The molecule has 7 rings (SSSR count). The highest BCUT2D eigenvalue weighted by molar-refractivity contribution is 5.84. The molecule has 0 radical (unpaired) electrons. The molecule has 0 atom stereocenters. The first kappa shape index (κ1) is 19.0. The summed E-state index contributed by atoms with van der Waals surface area (Å²) < 4.78 is 2.19. The van der Waals surface area contributed by atoms with Gasteiger partial charge in [0.2, 0.25) is 0 Å². The Labute approximate surface area is 185 Å². The molecule has 4 aliphatic carbocycles. The first-order valence-electron chi connectivity index (χ1n) is 11.8. The quantitative estimate of drug-likeness (QED) is 0.441. The Morgan fingerprint density at radius 3 is 2.23 bits per heavy atom. The van der Waals surface area contributed by atoms with Gasteiger partial charge in [-0.2, -0.15) is 0 Å². The number of aryl methyl sites for hydroxylation is 1. The molecule has 158 valence electrons. The number of pyridine rings is 1. The van der Waals surface area contributed by atoms with Gasteiger partial charge >= 0.3 is 0 Å². The number of nitrogens with zero attached hydrogens (tertiary/aromatic N) is 3. The van der Waals surface area contributed by atoms with Crippen molar-refractivity contribution in [2.75, 3.05) is 0 Å². The van der Waals surface area contributed by atoms with E-state index in [4.69, 9.17) is 4.99 Å². The number of benzene rings is 1. The minimum absolute atomic E-state index is 0.463. The van der Waals surface area contributed by atoms with Crippen molar-refractivity contribution in [1.82, 2.24) is 9.55 Å². The van der Waals surface area contributed by atoms with Gasteiger partial charge in [0.05, 0.1) is 5.69 Å². The summed E-state index contributed by atoms with van der Waals surface area (Å²) in [6.45, 7) is 4.26. The van der Waals surface area contributed by atoms with Crippen LogP contribution in [0.15, 0.2) is 59.7 Å². The molecule has 4 saturated carbocycles. The molecule has 3 nitrogen and oxygen atoms in total. The molecule has 0 N–H and O–H groups in total. The Kier molecular flexibility index (Phi) is 4.41. The van der Waals surface area contributed by atoms with E-state index in [2.05, 4.69) is 53.7 Å². The monoisotopic (exact) mass is 409 g/mol. The van der Waals surface area contributed by atoms with Crippen LogP contribution in [0.3, 0.4) is 0 Å². The Morgan fingerprint density at radius 1 is 0.935 bits per heavy atom. The summed E-state index contributed by atoms with van der Waals surface area (Å²) in [6, 6.07) is 17.4. The topological polar surface area (TPSA) is 30.2 Å². The molecule has 4 aliphatic rings. The van der Waals surface area contributed by atoms with Crippen molar-refractivity contribution in [3.63, 3.8) is 0 Å².